The lowest BCUT2D eigenvalue weighted by Crippen LogP contribution is -2.50. The van der Waals surface area contributed by atoms with Gasteiger partial charge in [0.1, 0.15) is 11.9 Å². The Bertz CT molecular complexity index is 1370. The van der Waals surface area contributed by atoms with Crippen LogP contribution in [-0.4, -0.2) is 51.0 Å². The zero-order valence-corrected chi connectivity index (χ0v) is 23.9. The van der Waals surface area contributed by atoms with Crippen molar-refractivity contribution in [2.24, 2.45) is 0 Å². The van der Waals surface area contributed by atoms with Crippen molar-refractivity contribution in [3.05, 3.63) is 99.8 Å². The van der Waals surface area contributed by atoms with E-state index in [4.69, 9.17) is 23.2 Å². The van der Waals surface area contributed by atoms with Crippen LogP contribution in [0.15, 0.2) is 72.8 Å². The second-order valence-corrected chi connectivity index (χ2v) is 11.7. The molecule has 0 unspecified atom stereocenters. The van der Waals surface area contributed by atoms with E-state index in [-0.39, 0.29) is 44.2 Å². The van der Waals surface area contributed by atoms with Gasteiger partial charge >= 0.3 is 0 Å². The first-order chi connectivity index (χ1) is 18.5. The van der Waals surface area contributed by atoms with Gasteiger partial charge in [-0.2, -0.15) is 0 Å². The third-order valence-corrected chi connectivity index (χ3v) is 8.08. The molecule has 0 fully saturated rings. The molecule has 39 heavy (non-hydrogen) atoms. The predicted molar refractivity (Wildman–Crippen MR) is 153 cm³/mol. The average Bonchev–Trinajstić information content (AvgIpc) is 2.90. The Morgan fingerprint density at radius 2 is 1.56 bits per heavy atom. The molecule has 0 saturated carbocycles. The highest BCUT2D eigenvalue weighted by molar-refractivity contribution is 7.92. The molecule has 2 amide bonds. The van der Waals surface area contributed by atoms with Gasteiger partial charge in [-0.25, -0.2) is 12.8 Å². The van der Waals surface area contributed by atoms with E-state index in [1.165, 1.54) is 36.2 Å². The van der Waals surface area contributed by atoms with Crippen LogP contribution in [0.4, 0.5) is 10.1 Å². The van der Waals surface area contributed by atoms with Gasteiger partial charge in [-0.05, 0) is 48.4 Å². The van der Waals surface area contributed by atoms with Crippen LogP contribution in [0.5, 0.6) is 0 Å². The highest BCUT2D eigenvalue weighted by Gasteiger charge is 2.31. The quantitative estimate of drug-likeness (QED) is 0.318. The van der Waals surface area contributed by atoms with Gasteiger partial charge in [0, 0.05) is 48.6 Å². The third-order valence-electron chi connectivity index (χ3n) is 6.17. The smallest absolute Gasteiger partial charge is 0.242 e. The Balaban J connectivity index is 1.88. The zero-order valence-electron chi connectivity index (χ0n) is 21.6. The highest BCUT2D eigenvalue weighted by atomic mass is 35.5. The molecule has 3 rings (SSSR count). The van der Waals surface area contributed by atoms with Crippen LogP contribution >= 0.6 is 23.2 Å². The van der Waals surface area contributed by atoms with Crippen molar-refractivity contribution < 1.29 is 22.4 Å². The summed E-state index contributed by atoms with van der Waals surface area (Å²) in [6, 6.07) is 18.5. The number of carbonyl (C=O) groups excluding carboxylic acids is 2. The van der Waals surface area contributed by atoms with Crippen LogP contribution in [-0.2, 0) is 32.6 Å². The van der Waals surface area contributed by atoms with E-state index in [1.807, 2.05) is 30.3 Å². The van der Waals surface area contributed by atoms with E-state index in [1.54, 1.807) is 18.2 Å². The van der Waals surface area contributed by atoms with Gasteiger partial charge in [0.2, 0.25) is 21.8 Å². The molecule has 0 radical (unpaired) electrons. The molecule has 0 aliphatic rings. The molecule has 208 valence electrons. The molecule has 0 aliphatic heterocycles. The van der Waals surface area contributed by atoms with Gasteiger partial charge in [-0.1, -0.05) is 59.6 Å². The second kappa shape index (κ2) is 13.8. The maximum atomic E-state index is 13.7. The van der Waals surface area contributed by atoms with Crippen molar-refractivity contribution in [2.75, 3.05) is 24.2 Å². The summed E-state index contributed by atoms with van der Waals surface area (Å²) >= 11 is 12.8. The van der Waals surface area contributed by atoms with Gasteiger partial charge < -0.3 is 10.2 Å². The number of nitrogens with one attached hydrogen (secondary N) is 1. The maximum Gasteiger partial charge on any atom is 0.242 e. The summed E-state index contributed by atoms with van der Waals surface area (Å²) in [5.74, 6) is -1.22. The molecule has 0 saturated heterocycles. The van der Waals surface area contributed by atoms with Gasteiger partial charge in [0.15, 0.2) is 0 Å². The first-order valence-electron chi connectivity index (χ1n) is 12.2. The van der Waals surface area contributed by atoms with Crippen LogP contribution in [0.2, 0.25) is 10.0 Å². The highest BCUT2D eigenvalue weighted by Crippen LogP contribution is 2.28. The van der Waals surface area contributed by atoms with Crippen molar-refractivity contribution >= 4 is 50.7 Å². The first kappa shape index (κ1) is 30.4. The number of anilines is 1. The molecule has 1 atom stereocenters. The van der Waals surface area contributed by atoms with Crippen molar-refractivity contribution in [3.8, 4) is 0 Å². The fourth-order valence-corrected chi connectivity index (χ4v) is 5.67. The minimum absolute atomic E-state index is 0.0137. The van der Waals surface area contributed by atoms with Crippen molar-refractivity contribution in [1.82, 2.24) is 10.2 Å². The van der Waals surface area contributed by atoms with E-state index in [2.05, 4.69) is 5.32 Å². The molecule has 0 bridgehead atoms. The summed E-state index contributed by atoms with van der Waals surface area (Å²) in [5.41, 5.74) is 1.65. The summed E-state index contributed by atoms with van der Waals surface area (Å²) in [4.78, 5) is 28.2. The largest absolute Gasteiger partial charge is 0.357 e. The predicted octanol–water partition coefficient (Wildman–Crippen LogP) is 5.06. The molecule has 0 aliphatic carbocycles. The van der Waals surface area contributed by atoms with E-state index in [0.717, 1.165) is 16.1 Å². The number of benzene rings is 3. The first-order valence-corrected chi connectivity index (χ1v) is 14.8. The third kappa shape index (κ3) is 8.42. The number of nitrogens with zero attached hydrogens (tertiary/aromatic N) is 2. The number of hydrogen-bond donors (Lipinski definition) is 1. The monoisotopic (exact) mass is 593 g/mol. The molecule has 7 nitrogen and oxygen atoms in total. The zero-order chi connectivity index (χ0) is 28.6. The van der Waals surface area contributed by atoms with Gasteiger partial charge in [0.25, 0.3) is 0 Å². The maximum absolute atomic E-state index is 13.7. The second-order valence-electron chi connectivity index (χ2n) is 8.96. The van der Waals surface area contributed by atoms with E-state index >= 15 is 0 Å². The summed E-state index contributed by atoms with van der Waals surface area (Å²) in [5, 5.41) is 3.35. The Morgan fingerprint density at radius 3 is 2.13 bits per heavy atom. The molecule has 3 aromatic carbocycles. The normalized spacial score (nSPS) is 12.0. The molecular weight excluding hydrogens is 564 g/mol. The van der Waals surface area contributed by atoms with Crippen LogP contribution in [0.1, 0.15) is 24.0 Å². The average molecular weight is 595 g/mol. The SMILES string of the molecule is CNC(=O)[C@H](Cc1ccccc1)N(Cc1c(Cl)cccc1Cl)C(=O)CCCN(c1ccc(F)cc1)S(C)(=O)=O. The molecular formula is C28H30Cl2FN3O4S. The Labute approximate surface area is 238 Å². The molecule has 0 heterocycles. The van der Waals surface area contributed by atoms with Crippen molar-refractivity contribution in [1.29, 1.82) is 0 Å². The van der Waals surface area contributed by atoms with E-state index in [9.17, 15) is 22.4 Å². The number of carbonyl (C=O) groups is 2. The van der Waals surface area contributed by atoms with Crippen LogP contribution < -0.4 is 9.62 Å². The minimum Gasteiger partial charge on any atom is -0.357 e. The summed E-state index contributed by atoms with van der Waals surface area (Å²) in [6.45, 7) is -0.0315. The van der Waals surface area contributed by atoms with Gasteiger partial charge in [0.05, 0.1) is 11.9 Å². The van der Waals surface area contributed by atoms with Crippen LogP contribution in [0.3, 0.4) is 0 Å². The number of likely N-dealkylation sites (N-methyl/N-ethyl adjacent to an activating group) is 1. The fourth-order valence-electron chi connectivity index (χ4n) is 4.19. The lowest BCUT2D eigenvalue weighted by molar-refractivity contribution is -0.141. The van der Waals surface area contributed by atoms with Gasteiger partial charge in [-0.3, -0.25) is 13.9 Å². The Hall–Kier alpha value is -3.14. The Kier molecular flexibility index (Phi) is 10.7. The van der Waals surface area contributed by atoms with Crippen LogP contribution in [0.25, 0.3) is 0 Å². The van der Waals surface area contributed by atoms with Gasteiger partial charge in [-0.15, -0.1) is 0 Å². The fraction of sp³-hybridized carbons (Fsp3) is 0.286. The summed E-state index contributed by atoms with van der Waals surface area (Å²) in [6.07, 6.45) is 1.39. The molecule has 11 heteroatoms. The van der Waals surface area contributed by atoms with E-state index in [0.29, 0.717) is 21.3 Å². The lowest BCUT2D eigenvalue weighted by Gasteiger charge is -2.32. The molecule has 0 spiro atoms. The van der Waals surface area contributed by atoms with Crippen molar-refractivity contribution in [2.45, 2.75) is 31.8 Å². The topological polar surface area (TPSA) is 86.8 Å². The molecule has 3 aromatic rings. The standard InChI is InChI=1S/C28H30Cl2FN3O4S/c1-32-28(36)26(18-20-8-4-3-5-9-20)33(19-23-24(29)10-6-11-25(23)30)27(35)12-7-17-34(39(2,37)38)22-15-13-21(31)14-16-22/h3-6,8-11,13-16,26H,7,12,17-19H2,1-2H3,(H,32,36)/t26-/m0/s1. The lowest BCUT2D eigenvalue weighted by atomic mass is 10.0. The molecule has 0 aromatic heterocycles. The van der Waals surface area contributed by atoms with Crippen LogP contribution in [0, 0.1) is 5.82 Å². The Morgan fingerprint density at radius 1 is 0.949 bits per heavy atom. The van der Waals surface area contributed by atoms with Crippen molar-refractivity contribution in [3.63, 3.8) is 0 Å². The minimum atomic E-state index is -3.70. The number of rotatable bonds is 12. The summed E-state index contributed by atoms with van der Waals surface area (Å²) in [7, 11) is -2.20. The number of amides is 2. The number of halogens is 3. The summed E-state index contributed by atoms with van der Waals surface area (Å²) < 4.78 is 39.4. The number of hydrogen-bond acceptors (Lipinski definition) is 4. The molecule has 1 N–H and O–H groups in total. The van der Waals surface area contributed by atoms with E-state index < -0.39 is 21.9 Å². The number of sulfonamides is 1.